The number of hydrogen-bond donors (Lipinski definition) is 0. The Morgan fingerprint density at radius 1 is 0.576 bits per heavy atom. The van der Waals surface area contributed by atoms with Crippen LogP contribution in [0.25, 0.3) is 44.3 Å². The smallest absolute Gasteiger partial charge is 0.229 e. The maximum Gasteiger partial charge on any atom is 0.229 e. The summed E-state index contributed by atoms with van der Waals surface area (Å²) in [6.45, 7) is 8.88. The van der Waals surface area contributed by atoms with Crippen LogP contribution in [0, 0.1) is 23.7 Å². The molecule has 0 spiro atoms. The van der Waals surface area contributed by atoms with Gasteiger partial charge in [0.25, 0.3) is 0 Å². The summed E-state index contributed by atoms with van der Waals surface area (Å²) in [6.07, 6.45) is 9.90. The van der Waals surface area contributed by atoms with Gasteiger partial charge in [-0.25, -0.2) is 0 Å². The van der Waals surface area contributed by atoms with Crippen molar-refractivity contribution in [1.82, 2.24) is 29.7 Å². The minimum Gasteiger partial charge on any atom is -0.497 e. The van der Waals surface area contributed by atoms with Crippen molar-refractivity contribution in [3.05, 3.63) is 133 Å². The zero-order chi connectivity index (χ0) is 44.7. The number of rotatable bonds is 14. The van der Waals surface area contributed by atoms with Crippen molar-refractivity contribution in [3.8, 4) is 45.8 Å². The molecule has 10 atom stereocenters. The van der Waals surface area contributed by atoms with Gasteiger partial charge in [-0.3, -0.25) is 19.8 Å². The number of hydrogen-bond acceptors (Lipinski definition) is 10. The fourth-order valence-corrected chi connectivity index (χ4v) is 12.1. The molecule has 13 rings (SSSR count). The highest BCUT2D eigenvalue weighted by Crippen LogP contribution is 2.50. The van der Waals surface area contributed by atoms with Crippen LogP contribution in [0.1, 0.15) is 75.7 Å². The summed E-state index contributed by atoms with van der Waals surface area (Å²) in [6, 6.07) is 37.4. The summed E-state index contributed by atoms with van der Waals surface area (Å²) in [5, 5.41) is 2.02. The van der Waals surface area contributed by atoms with Crippen LogP contribution in [-0.2, 0) is 0 Å². The Balaban J connectivity index is 1.13. The molecule has 0 N–H and O–H groups in total. The third-order valence-corrected chi connectivity index (χ3v) is 15.6. The molecule has 0 radical (unpaired) electrons. The third-order valence-electron chi connectivity index (χ3n) is 15.6. The van der Waals surface area contributed by atoms with E-state index in [2.05, 4.69) is 90.4 Å². The Morgan fingerprint density at radius 3 is 1.47 bits per heavy atom. The van der Waals surface area contributed by atoms with Crippen LogP contribution < -0.4 is 18.9 Å². The van der Waals surface area contributed by atoms with Gasteiger partial charge in [-0.15, -0.1) is 0 Å². The summed E-state index contributed by atoms with van der Waals surface area (Å²) < 4.78 is 27.2. The second-order valence-electron chi connectivity index (χ2n) is 18.9. The first-order valence-corrected chi connectivity index (χ1v) is 24.2. The van der Waals surface area contributed by atoms with Crippen LogP contribution in [0.15, 0.2) is 122 Å². The van der Waals surface area contributed by atoms with E-state index in [9.17, 15) is 0 Å². The predicted octanol–water partition coefficient (Wildman–Crippen LogP) is 11.4. The van der Waals surface area contributed by atoms with Gasteiger partial charge in [0.2, 0.25) is 11.8 Å². The van der Waals surface area contributed by atoms with E-state index in [0.717, 1.165) is 100 Å². The molecule has 0 saturated carbocycles. The van der Waals surface area contributed by atoms with Crippen LogP contribution >= 0.6 is 0 Å². The van der Waals surface area contributed by atoms with Gasteiger partial charge in [0.15, 0.2) is 5.82 Å². The highest BCUT2D eigenvalue weighted by molar-refractivity contribution is 5.85. The van der Waals surface area contributed by atoms with Gasteiger partial charge in [-0.05, 0) is 117 Å². The lowest BCUT2D eigenvalue weighted by molar-refractivity contribution is -0.0510. The lowest BCUT2D eigenvalue weighted by Crippen LogP contribution is -2.56. The Morgan fingerprint density at radius 2 is 1.05 bits per heavy atom. The van der Waals surface area contributed by atoms with Gasteiger partial charge in [0.05, 0.1) is 37.3 Å². The van der Waals surface area contributed by atoms with Crippen molar-refractivity contribution in [1.29, 1.82) is 0 Å². The van der Waals surface area contributed by atoms with Crippen molar-refractivity contribution in [3.63, 3.8) is 0 Å². The van der Waals surface area contributed by atoms with Crippen molar-refractivity contribution in [2.45, 2.75) is 76.7 Å². The number of piperidine rings is 6. The Kier molecular flexibility index (Phi) is 11.8. The van der Waals surface area contributed by atoms with Gasteiger partial charge in [0.1, 0.15) is 29.3 Å². The number of fused-ring (bicyclic) bond motifs is 8. The monoisotopic (exact) mass is 880 g/mol. The van der Waals surface area contributed by atoms with E-state index in [1.807, 2.05) is 54.9 Å². The van der Waals surface area contributed by atoms with Gasteiger partial charge in [-0.2, -0.15) is 9.97 Å². The molecule has 6 aliphatic rings. The van der Waals surface area contributed by atoms with E-state index in [1.54, 1.807) is 14.2 Å². The van der Waals surface area contributed by atoms with Crippen molar-refractivity contribution >= 4 is 21.8 Å². The number of pyridine rings is 2. The highest BCUT2D eigenvalue weighted by atomic mass is 16.5. The second-order valence-corrected chi connectivity index (χ2v) is 18.9. The third kappa shape index (κ3) is 7.91. The largest absolute Gasteiger partial charge is 0.497 e. The summed E-state index contributed by atoms with van der Waals surface area (Å²) in [5.41, 5.74) is 6.48. The van der Waals surface area contributed by atoms with Gasteiger partial charge in [-0.1, -0.05) is 87.4 Å². The summed E-state index contributed by atoms with van der Waals surface area (Å²) >= 11 is 0. The summed E-state index contributed by atoms with van der Waals surface area (Å²) in [7, 11) is 3.44. The molecule has 338 valence electrons. The average molecular weight is 881 g/mol. The summed E-state index contributed by atoms with van der Waals surface area (Å²) in [5.74, 6) is 5.70. The molecule has 10 heteroatoms. The lowest BCUT2D eigenvalue weighted by atomic mass is 9.72. The molecule has 66 heavy (non-hydrogen) atoms. The Bertz CT molecular complexity index is 2680. The van der Waals surface area contributed by atoms with E-state index in [0.29, 0.717) is 41.3 Å². The highest BCUT2D eigenvalue weighted by Gasteiger charge is 2.47. The number of benzene rings is 4. The molecule has 6 aliphatic heterocycles. The van der Waals surface area contributed by atoms with E-state index in [1.165, 1.54) is 25.7 Å². The van der Waals surface area contributed by atoms with Gasteiger partial charge in [0, 0.05) is 52.9 Å². The number of ether oxygens (including phenoxy) is 4. The number of nitrogens with zero attached hydrogens (tertiary/aromatic N) is 6. The van der Waals surface area contributed by atoms with Crippen LogP contribution in [-0.4, -0.2) is 82.2 Å². The fraction of sp³-hybridized carbons (Fsp3) is 0.393. The van der Waals surface area contributed by atoms with Crippen molar-refractivity contribution in [2.75, 3.05) is 40.4 Å². The minimum atomic E-state index is -0.393. The summed E-state index contributed by atoms with van der Waals surface area (Å²) in [4.78, 5) is 26.0. The van der Waals surface area contributed by atoms with Crippen LogP contribution in [0.4, 0.5) is 0 Å². The van der Waals surface area contributed by atoms with E-state index >= 15 is 0 Å². The quantitative estimate of drug-likeness (QED) is 0.105. The van der Waals surface area contributed by atoms with Gasteiger partial charge < -0.3 is 18.9 Å². The fourth-order valence-electron chi connectivity index (χ4n) is 12.1. The van der Waals surface area contributed by atoms with E-state index in [4.69, 9.17) is 38.9 Å². The van der Waals surface area contributed by atoms with Crippen LogP contribution in [0.3, 0.4) is 0 Å². The Labute approximate surface area is 388 Å². The number of methoxy groups -OCH3 is 2. The van der Waals surface area contributed by atoms with Crippen molar-refractivity contribution in [2.24, 2.45) is 23.7 Å². The molecule has 7 aromatic rings. The molecule has 0 amide bonds. The molecule has 6 fully saturated rings. The molecule has 4 aromatic carbocycles. The molecule has 6 saturated heterocycles. The maximum atomic E-state index is 7.76. The Hall–Kier alpha value is -6.10. The second kappa shape index (κ2) is 18.3. The molecule has 9 heterocycles. The first-order chi connectivity index (χ1) is 32.5. The molecule has 8 unspecified atom stereocenters. The molecule has 0 aliphatic carbocycles. The lowest BCUT2D eigenvalue weighted by Gasteiger charge is -2.52. The minimum absolute atomic E-state index is 0.106. The van der Waals surface area contributed by atoms with Crippen LogP contribution in [0.2, 0.25) is 0 Å². The van der Waals surface area contributed by atoms with E-state index in [-0.39, 0.29) is 12.1 Å². The molecule has 3 aromatic heterocycles. The van der Waals surface area contributed by atoms with Gasteiger partial charge >= 0.3 is 0 Å². The normalized spacial score (nSPS) is 25.4. The first kappa shape index (κ1) is 42.5. The molecule has 10 nitrogen and oxygen atoms in total. The van der Waals surface area contributed by atoms with E-state index < -0.39 is 12.2 Å². The van der Waals surface area contributed by atoms with Crippen LogP contribution in [0.5, 0.6) is 23.3 Å². The first-order valence-electron chi connectivity index (χ1n) is 24.2. The standard InChI is InChI=1S/C56H60N6O4/c1-5-35-33-61-27-23-39(35)29-49(61)52(43-21-25-57-47-19-17-41(63-3)31-45(43)47)65-55-51(37-13-9-7-10-14-37)56(60-54(59-55)38-15-11-8-12-16-38)66-53(50-30-40-24-28-62(50)34-36(40)6-2)44-22-26-58-48-20-18-42(64-4)32-46(44)48/h7-22,25-26,31-32,35-36,39-40,49-50,52-53H,5-6,23-24,27-30,33-34H2,1-4H3/t35-,36?,39?,40+,49?,50?,52?,53?/m0/s1. The molecular weight excluding hydrogens is 821 g/mol. The SMILES string of the molecule is CCC1CN2CC[C@@H]1CC2C(Oc1nc(-c2ccccc2)nc(OC(c2ccnc3ccc(OC)cc23)C2CC3CCN2C[C@@H]3CC)c1-c1ccccc1)c1ccnc2ccc(OC)cc12. The maximum absolute atomic E-state index is 7.76. The zero-order valence-corrected chi connectivity index (χ0v) is 38.6. The predicted molar refractivity (Wildman–Crippen MR) is 260 cm³/mol. The average Bonchev–Trinajstić information content (AvgIpc) is 3.39. The molecule has 4 bridgehead atoms. The number of aromatic nitrogens is 4. The molecular formula is C56H60N6O4. The zero-order valence-electron chi connectivity index (χ0n) is 38.6. The topological polar surface area (TPSA) is 95.0 Å². The van der Waals surface area contributed by atoms with Crippen molar-refractivity contribution < 1.29 is 18.9 Å².